The van der Waals surface area contributed by atoms with Gasteiger partial charge in [-0.15, -0.1) is 0 Å². The fraction of sp³-hybridized carbons (Fsp3) is 0.333. The smallest absolute Gasteiger partial charge is 0.238 e. The average molecular weight is 402 g/mol. The summed E-state index contributed by atoms with van der Waals surface area (Å²) in [5, 5.41) is 5.41. The van der Waals surface area contributed by atoms with Crippen molar-refractivity contribution in [2.45, 2.75) is 6.54 Å². The summed E-state index contributed by atoms with van der Waals surface area (Å²) in [5.41, 5.74) is 1.15. The van der Waals surface area contributed by atoms with Gasteiger partial charge in [-0.05, 0) is 17.7 Å². The number of nitrogens with zero attached hydrogens (tertiary/aromatic N) is 2. The second kappa shape index (κ2) is 10.1. The number of nitrogens with one attached hydrogen (secondary N) is 2. The Balaban J connectivity index is 1.36. The van der Waals surface area contributed by atoms with Crippen molar-refractivity contribution >= 4 is 17.5 Å². The number of piperazine rings is 1. The minimum absolute atomic E-state index is 0.0341. The Morgan fingerprint density at radius 1 is 0.828 bits per heavy atom. The number of carbonyl (C=O) groups is 2. The molecule has 3 rings (SSSR count). The number of anilines is 1. The molecule has 8 heteroatoms. The van der Waals surface area contributed by atoms with Gasteiger partial charge in [-0.3, -0.25) is 19.4 Å². The highest BCUT2D eigenvalue weighted by Crippen LogP contribution is 2.13. The molecule has 1 saturated heterocycles. The second-order valence-electron chi connectivity index (χ2n) is 7.02. The predicted molar refractivity (Wildman–Crippen MR) is 106 cm³/mol. The van der Waals surface area contributed by atoms with Crippen molar-refractivity contribution in [2.75, 3.05) is 44.6 Å². The molecule has 0 bridgehead atoms. The zero-order valence-electron chi connectivity index (χ0n) is 16.0. The van der Waals surface area contributed by atoms with Crippen LogP contribution in [0, 0.1) is 11.6 Å². The Hall–Kier alpha value is -2.84. The first-order chi connectivity index (χ1) is 14.0. The molecule has 1 heterocycles. The number of hydrogen-bond donors (Lipinski definition) is 2. The molecule has 0 saturated carbocycles. The maximum absolute atomic E-state index is 13.2. The number of benzene rings is 2. The average Bonchev–Trinajstić information content (AvgIpc) is 2.68. The fourth-order valence-electron chi connectivity index (χ4n) is 3.19. The van der Waals surface area contributed by atoms with Crippen LogP contribution in [0.25, 0.3) is 0 Å². The van der Waals surface area contributed by atoms with Crippen molar-refractivity contribution in [1.29, 1.82) is 0 Å². The van der Waals surface area contributed by atoms with E-state index in [1.807, 2.05) is 40.1 Å². The van der Waals surface area contributed by atoms with Gasteiger partial charge in [0.2, 0.25) is 11.8 Å². The third-order valence-electron chi connectivity index (χ3n) is 4.68. The molecule has 0 radical (unpaired) electrons. The zero-order chi connectivity index (χ0) is 20.6. The van der Waals surface area contributed by atoms with Gasteiger partial charge in [0.25, 0.3) is 0 Å². The van der Waals surface area contributed by atoms with Crippen LogP contribution in [-0.2, 0) is 16.1 Å². The van der Waals surface area contributed by atoms with Crippen molar-refractivity contribution < 1.29 is 18.4 Å². The quantitative estimate of drug-likeness (QED) is 0.742. The molecular weight excluding hydrogens is 378 g/mol. The summed E-state index contributed by atoms with van der Waals surface area (Å²) >= 11 is 0. The van der Waals surface area contributed by atoms with Gasteiger partial charge < -0.3 is 10.6 Å². The maximum atomic E-state index is 13.2. The number of rotatable bonds is 7. The van der Waals surface area contributed by atoms with Gasteiger partial charge in [-0.1, -0.05) is 30.3 Å². The Labute approximate surface area is 168 Å². The molecule has 2 aromatic rings. The zero-order valence-corrected chi connectivity index (χ0v) is 16.0. The lowest BCUT2D eigenvalue weighted by Crippen LogP contribution is -2.50. The van der Waals surface area contributed by atoms with E-state index < -0.39 is 11.6 Å². The molecule has 6 nitrogen and oxygen atoms in total. The molecule has 2 N–H and O–H groups in total. The predicted octanol–water partition coefficient (Wildman–Crippen LogP) is 1.84. The molecule has 1 aliphatic rings. The minimum Gasteiger partial charge on any atom is -0.351 e. The lowest BCUT2D eigenvalue weighted by atomic mass is 10.2. The monoisotopic (exact) mass is 402 g/mol. The van der Waals surface area contributed by atoms with E-state index in [1.54, 1.807) is 0 Å². The van der Waals surface area contributed by atoms with E-state index >= 15 is 0 Å². The summed E-state index contributed by atoms with van der Waals surface area (Å²) in [6, 6.07) is 12.6. The highest BCUT2D eigenvalue weighted by molar-refractivity contribution is 5.92. The summed E-state index contributed by atoms with van der Waals surface area (Å²) in [6.45, 7) is 3.55. The van der Waals surface area contributed by atoms with Crippen LogP contribution in [-0.4, -0.2) is 60.9 Å². The Kier molecular flexibility index (Phi) is 7.26. The van der Waals surface area contributed by atoms with Crippen molar-refractivity contribution in [2.24, 2.45) is 0 Å². The third kappa shape index (κ3) is 6.92. The van der Waals surface area contributed by atoms with E-state index in [2.05, 4.69) is 10.6 Å². The maximum Gasteiger partial charge on any atom is 0.238 e. The fourth-order valence-corrected chi connectivity index (χ4v) is 3.19. The molecule has 0 spiro atoms. The first-order valence-corrected chi connectivity index (χ1v) is 9.49. The molecule has 2 amide bonds. The number of carbonyl (C=O) groups excluding carboxylic acids is 2. The summed E-state index contributed by atoms with van der Waals surface area (Å²) in [7, 11) is 0. The molecule has 0 aliphatic carbocycles. The van der Waals surface area contributed by atoms with Gasteiger partial charge in [-0.2, -0.15) is 0 Å². The summed E-state index contributed by atoms with van der Waals surface area (Å²) < 4.78 is 26.4. The van der Waals surface area contributed by atoms with Gasteiger partial charge in [0.15, 0.2) is 0 Å². The van der Waals surface area contributed by atoms with E-state index in [-0.39, 0.29) is 24.0 Å². The second-order valence-corrected chi connectivity index (χ2v) is 7.02. The van der Waals surface area contributed by atoms with Crippen molar-refractivity contribution in [3.8, 4) is 0 Å². The number of hydrogen-bond acceptors (Lipinski definition) is 4. The standard InChI is InChI=1S/C21H24F2N4O2/c22-17-10-18(23)12-19(11-17)25-21(29)15-27-8-6-26(7-9-27)14-20(28)24-13-16-4-2-1-3-5-16/h1-5,10-12H,6-9,13-15H2,(H,24,28)(H,25,29). The molecular formula is C21H24F2N4O2. The highest BCUT2D eigenvalue weighted by Gasteiger charge is 2.20. The van der Waals surface area contributed by atoms with E-state index in [0.29, 0.717) is 39.3 Å². The largest absolute Gasteiger partial charge is 0.351 e. The lowest BCUT2D eigenvalue weighted by molar-refractivity contribution is -0.123. The molecule has 0 aromatic heterocycles. The van der Waals surface area contributed by atoms with Crippen molar-refractivity contribution in [3.05, 3.63) is 65.7 Å². The normalized spacial score (nSPS) is 15.1. The van der Waals surface area contributed by atoms with E-state index in [9.17, 15) is 18.4 Å². The van der Waals surface area contributed by atoms with E-state index in [1.165, 1.54) is 0 Å². The number of halogens is 2. The first-order valence-electron chi connectivity index (χ1n) is 9.49. The summed E-state index contributed by atoms with van der Waals surface area (Å²) in [5.74, 6) is -1.84. The van der Waals surface area contributed by atoms with Crippen molar-refractivity contribution in [1.82, 2.24) is 15.1 Å². The molecule has 1 aliphatic heterocycles. The molecule has 154 valence electrons. The third-order valence-corrected chi connectivity index (χ3v) is 4.68. The van der Waals surface area contributed by atoms with Crippen LogP contribution >= 0.6 is 0 Å². The molecule has 29 heavy (non-hydrogen) atoms. The van der Waals surface area contributed by atoms with Gasteiger partial charge in [-0.25, -0.2) is 8.78 Å². The summed E-state index contributed by atoms with van der Waals surface area (Å²) in [4.78, 5) is 28.2. The topological polar surface area (TPSA) is 64.7 Å². The molecule has 0 unspecified atom stereocenters. The SMILES string of the molecule is O=C(CN1CCN(CC(=O)Nc2cc(F)cc(F)c2)CC1)NCc1ccccc1. The van der Waals surface area contributed by atoms with Crippen molar-refractivity contribution in [3.63, 3.8) is 0 Å². The van der Waals surface area contributed by atoms with Crippen LogP contribution < -0.4 is 10.6 Å². The first kappa shape index (κ1) is 20.9. The van der Waals surface area contributed by atoms with Gasteiger partial charge in [0.1, 0.15) is 11.6 Å². The summed E-state index contributed by atoms with van der Waals surface area (Å²) in [6.07, 6.45) is 0. The van der Waals surface area contributed by atoms with Crippen LogP contribution in [0.2, 0.25) is 0 Å². The van der Waals surface area contributed by atoms with Crippen LogP contribution in [0.15, 0.2) is 48.5 Å². The Morgan fingerprint density at radius 2 is 1.38 bits per heavy atom. The Bertz CT molecular complexity index is 820. The van der Waals surface area contributed by atoms with Gasteiger partial charge in [0.05, 0.1) is 13.1 Å². The molecule has 1 fully saturated rings. The Morgan fingerprint density at radius 3 is 1.97 bits per heavy atom. The van der Waals surface area contributed by atoms with Gasteiger partial charge >= 0.3 is 0 Å². The molecule has 0 atom stereocenters. The van der Waals surface area contributed by atoms with Gasteiger partial charge in [0, 0.05) is 44.5 Å². The minimum atomic E-state index is -0.737. The highest BCUT2D eigenvalue weighted by atomic mass is 19.1. The van der Waals surface area contributed by atoms with E-state index in [4.69, 9.17) is 0 Å². The van der Waals surface area contributed by atoms with E-state index in [0.717, 1.165) is 23.8 Å². The lowest BCUT2D eigenvalue weighted by Gasteiger charge is -2.33. The van der Waals surface area contributed by atoms with Crippen LogP contribution in [0.1, 0.15) is 5.56 Å². The van der Waals surface area contributed by atoms with Crippen LogP contribution in [0.3, 0.4) is 0 Å². The van der Waals surface area contributed by atoms with Crippen LogP contribution in [0.5, 0.6) is 0 Å². The number of amides is 2. The van der Waals surface area contributed by atoms with Crippen LogP contribution in [0.4, 0.5) is 14.5 Å². The molecule has 2 aromatic carbocycles.